The molecule has 1 N–H and O–H groups in total. The second-order valence-corrected chi connectivity index (χ2v) is 5.48. The Labute approximate surface area is 117 Å². The average molecular weight is 271 g/mol. The van der Waals surface area contributed by atoms with Crippen LogP contribution in [-0.4, -0.2) is 52.7 Å². The zero-order chi connectivity index (χ0) is 14.0. The van der Waals surface area contributed by atoms with Crippen LogP contribution >= 0.6 is 0 Å². The average Bonchev–Trinajstić information content (AvgIpc) is 3.24. The predicted octanol–water partition coefficient (Wildman–Crippen LogP) is 2.00. The van der Waals surface area contributed by atoms with Gasteiger partial charge in [-0.05, 0) is 24.7 Å². The molecule has 4 heteroatoms. The van der Waals surface area contributed by atoms with E-state index in [1.807, 2.05) is 6.08 Å². The van der Waals surface area contributed by atoms with Gasteiger partial charge in [-0.2, -0.15) is 0 Å². The summed E-state index contributed by atoms with van der Waals surface area (Å²) in [7, 11) is 1.67. The van der Waals surface area contributed by atoms with E-state index in [9.17, 15) is 0 Å². The SMILES string of the molecule is C=CC(C)(CCOCCOCCOC)CNC1CC1. The van der Waals surface area contributed by atoms with Crippen molar-refractivity contribution in [1.29, 1.82) is 0 Å². The van der Waals surface area contributed by atoms with Crippen LogP contribution in [0.3, 0.4) is 0 Å². The number of hydrogen-bond donors (Lipinski definition) is 1. The van der Waals surface area contributed by atoms with E-state index in [0.29, 0.717) is 26.4 Å². The highest BCUT2D eigenvalue weighted by Crippen LogP contribution is 2.25. The van der Waals surface area contributed by atoms with Crippen LogP contribution < -0.4 is 5.32 Å². The first kappa shape index (κ1) is 16.6. The van der Waals surface area contributed by atoms with Crippen LogP contribution in [0.2, 0.25) is 0 Å². The van der Waals surface area contributed by atoms with Gasteiger partial charge in [0.1, 0.15) is 0 Å². The monoisotopic (exact) mass is 271 g/mol. The normalized spacial score (nSPS) is 18.2. The molecule has 1 unspecified atom stereocenters. The zero-order valence-electron chi connectivity index (χ0n) is 12.5. The summed E-state index contributed by atoms with van der Waals surface area (Å²) in [6.07, 6.45) is 5.68. The Morgan fingerprint density at radius 3 is 2.37 bits per heavy atom. The third-order valence-electron chi connectivity index (χ3n) is 3.49. The molecular formula is C15H29NO3. The lowest BCUT2D eigenvalue weighted by atomic mass is 9.87. The molecule has 1 fully saturated rings. The molecular weight excluding hydrogens is 242 g/mol. The number of methoxy groups -OCH3 is 1. The van der Waals surface area contributed by atoms with E-state index < -0.39 is 0 Å². The first-order chi connectivity index (χ1) is 9.20. The van der Waals surface area contributed by atoms with Crippen LogP contribution in [0.25, 0.3) is 0 Å². The number of hydrogen-bond acceptors (Lipinski definition) is 4. The maximum atomic E-state index is 5.59. The third kappa shape index (κ3) is 8.37. The molecule has 0 aromatic rings. The van der Waals surface area contributed by atoms with Crippen molar-refractivity contribution in [2.75, 3.05) is 46.7 Å². The summed E-state index contributed by atoms with van der Waals surface area (Å²) in [5.74, 6) is 0. The quantitative estimate of drug-likeness (QED) is 0.411. The zero-order valence-corrected chi connectivity index (χ0v) is 12.5. The molecule has 0 amide bonds. The van der Waals surface area contributed by atoms with Crippen LogP contribution in [0.1, 0.15) is 26.2 Å². The highest BCUT2D eigenvalue weighted by atomic mass is 16.5. The van der Waals surface area contributed by atoms with E-state index in [-0.39, 0.29) is 5.41 Å². The van der Waals surface area contributed by atoms with Crippen LogP contribution in [-0.2, 0) is 14.2 Å². The summed E-state index contributed by atoms with van der Waals surface area (Å²) in [5.41, 5.74) is 0.125. The summed E-state index contributed by atoms with van der Waals surface area (Å²) >= 11 is 0. The predicted molar refractivity (Wildman–Crippen MR) is 77.5 cm³/mol. The molecule has 1 aliphatic rings. The molecule has 0 spiro atoms. The first-order valence-corrected chi connectivity index (χ1v) is 7.21. The van der Waals surface area contributed by atoms with Gasteiger partial charge in [0.2, 0.25) is 0 Å². The Hall–Kier alpha value is -0.420. The number of nitrogens with one attached hydrogen (secondary N) is 1. The van der Waals surface area contributed by atoms with Gasteiger partial charge >= 0.3 is 0 Å². The Kier molecular flexibility index (Phi) is 8.30. The Morgan fingerprint density at radius 2 is 1.79 bits per heavy atom. The van der Waals surface area contributed by atoms with Crippen LogP contribution in [0.4, 0.5) is 0 Å². The summed E-state index contributed by atoms with van der Waals surface area (Å²) in [6, 6.07) is 0.745. The topological polar surface area (TPSA) is 39.7 Å². The van der Waals surface area contributed by atoms with Gasteiger partial charge in [-0.3, -0.25) is 0 Å². The van der Waals surface area contributed by atoms with E-state index in [4.69, 9.17) is 14.2 Å². The molecule has 0 aliphatic heterocycles. The van der Waals surface area contributed by atoms with Crippen molar-refractivity contribution < 1.29 is 14.2 Å². The number of rotatable bonds is 13. The van der Waals surface area contributed by atoms with Crippen molar-refractivity contribution in [3.8, 4) is 0 Å². The Balaban J connectivity index is 1.96. The van der Waals surface area contributed by atoms with Gasteiger partial charge in [0, 0.05) is 26.3 Å². The van der Waals surface area contributed by atoms with Gasteiger partial charge in [-0.1, -0.05) is 13.0 Å². The third-order valence-corrected chi connectivity index (χ3v) is 3.49. The second-order valence-electron chi connectivity index (χ2n) is 5.48. The van der Waals surface area contributed by atoms with E-state index in [2.05, 4.69) is 18.8 Å². The second kappa shape index (κ2) is 9.48. The lowest BCUT2D eigenvalue weighted by Crippen LogP contribution is -2.32. The summed E-state index contributed by atoms with van der Waals surface area (Å²) in [5, 5.41) is 3.56. The van der Waals surface area contributed by atoms with Crippen molar-refractivity contribution in [1.82, 2.24) is 5.32 Å². The minimum absolute atomic E-state index is 0.125. The standard InChI is InChI=1S/C15H29NO3/c1-4-15(2,13-16-14-5-6-14)7-8-18-11-12-19-10-9-17-3/h4,14,16H,1,5-13H2,2-3H3. The molecule has 0 aromatic carbocycles. The summed E-state index contributed by atoms with van der Waals surface area (Å²) in [6.45, 7) is 10.5. The van der Waals surface area contributed by atoms with E-state index >= 15 is 0 Å². The fourth-order valence-corrected chi connectivity index (χ4v) is 1.70. The van der Waals surface area contributed by atoms with Gasteiger partial charge in [-0.15, -0.1) is 6.58 Å². The minimum Gasteiger partial charge on any atom is -0.382 e. The van der Waals surface area contributed by atoms with Crippen molar-refractivity contribution in [3.05, 3.63) is 12.7 Å². The maximum Gasteiger partial charge on any atom is 0.0701 e. The lowest BCUT2D eigenvalue weighted by Gasteiger charge is -2.26. The van der Waals surface area contributed by atoms with Gasteiger partial charge in [0.05, 0.1) is 26.4 Å². The maximum absolute atomic E-state index is 5.59. The van der Waals surface area contributed by atoms with Crippen molar-refractivity contribution >= 4 is 0 Å². The first-order valence-electron chi connectivity index (χ1n) is 7.21. The van der Waals surface area contributed by atoms with Crippen molar-refractivity contribution in [3.63, 3.8) is 0 Å². The van der Waals surface area contributed by atoms with Gasteiger partial charge < -0.3 is 19.5 Å². The molecule has 0 bridgehead atoms. The van der Waals surface area contributed by atoms with E-state index in [0.717, 1.165) is 25.6 Å². The molecule has 4 nitrogen and oxygen atoms in total. The Morgan fingerprint density at radius 1 is 1.16 bits per heavy atom. The minimum atomic E-state index is 0.125. The van der Waals surface area contributed by atoms with Crippen LogP contribution in [0.15, 0.2) is 12.7 Å². The molecule has 0 heterocycles. The van der Waals surface area contributed by atoms with Crippen molar-refractivity contribution in [2.45, 2.75) is 32.2 Å². The molecule has 1 atom stereocenters. The van der Waals surface area contributed by atoms with E-state index in [1.165, 1.54) is 12.8 Å². The largest absolute Gasteiger partial charge is 0.382 e. The molecule has 112 valence electrons. The van der Waals surface area contributed by atoms with Crippen molar-refractivity contribution in [2.24, 2.45) is 5.41 Å². The van der Waals surface area contributed by atoms with E-state index in [1.54, 1.807) is 7.11 Å². The summed E-state index contributed by atoms with van der Waals surface area (Å²) < 4.78 is 15.8. The van der Waals surface area contributed by atoms with Gasteiger partial charge in [0.25, 0.3) is 0 Å². The smallest absolute Gasteiger partial charge is 0.0701 e. The molecule has 1 aliphatic carbocycles. The molecule has 0 aromatic heterocycles. The highest BCUT2D eigenvalue weighted by molar-refractivity contribution is 4.95. The Bertz CT molecular complexity index is 244. The fourth-order valence-electron chi connectivity index (χ4n) is 1.70. The molecule has 1 saturated carbocycles. The fraction of sp³-hybridized carbons (Fsp3) is 0.867. The van der Waals surface area contributed by atoms with Gasteiger partial charge in [0.15, 0.2) is 0 Å². The lowest BCUT2D eigenvalue weighted by molar-refractivity contribution is 0.0198. The highest BCUT2D eigenvalue weighted by Gasteiger charge is 2.26. The summed E-state index contributed by atoms with van der Waals surface area (Å²) in [4.78, 5) is 0. The molecule has 19 heavy (non-hydrogen) atoms. The van der Waals surface area contributed by atoms with Crippen LogP contribution in [0, 0.1) is 5.41 Å². The molecule has 1 rings (SSSR count). The molecule has 0 saturated heterocycles. The molecule has 0 radical (unpaired) electrons. The van der Waals surface area contributed by atoms with Gasteiger partial charge in [-0.25, -0.2) is 0 Å². The van der Waals surface area contributed by atoms with Crippen LogP contribution in [0.5, 0.6) is 0 Å². The number of ether oxygens (including phenoxy) is 3.